The van der Waals surface area contributed by atoms with Gasteiger partial charge in [-0.05, 0) is 36.1 Å². The molecule has 1 unspecified atom stereocenters. The first-order valence-electron chi connectivity index (χ1n) is 8.59. The van der Waals surface area contributed by atoms with Crippen LogP contribution < -0.4 is 9.47 Å². The number of carbonyl (C=O) groups excluding carboxylic acids is 2. The fourth-order valence-electron chi connectivity index (χ4n) is 3.45. The predicted octanol–water partition coefficient (Wildman–Crippen LogP) is 3.44. The van der Waals surface area contributed by atoms with E-state index in [4.69, 9.17) is 14.2 Å². The van der Waals surface area contributed by atoms with Crippen LogP contribution in [-0.2, 0) is 26.3 Å². The van der Waals surface area contributed by atoms with Crippen molar-refractivity contribution in [2.24, 2.45) is 0 Å². The summed E-state index contributed by atoms with van der Waals surface area (Å²) in [5.74, 6) is 0.424. The summed E-state index contributed by atoms with van der Waals surface area (Å²) in [4.78, 5) is 25.7. The van der Waals surface area contributed by atoms with Gasteiger partial charge in [0.2, 0.25) is 0 Å². The molecule has 0 N–H and O–H groups in total. The third-order valence-electron chi connectivity index (χ3n) is 4.87. The second kappa shape index (κ2) is 7.60. The zero-order valence-corrected chi connectivity index (χ0v) is 15.0. The third kappa shape index (κ3) is 3.17. The highest BCUT2D eigenvalue weighted by molar-refractivity contribution is 6.11. The molecule has 2 aromatic carbocycles. The molecule has 0 bridgehead atoms. The van der Waals surface area contributed by atoms with Crippen LogP contribution in [0.2, 0.25) is 0 Å². The Bertz CT molecular complexity index is 799. The van der Waals surface area contributed by atoms with Gasteiger partial charge in [0.25, 0.3) is 0 Å². The number of Topliss-reactive ketones (excluding diaryl/α,β-unsaturated/α-hetero) is 1. The van der Waals surface area contributed by atoms with E-state index in [0.717, 1.165) is 5.56 Å². The lowest BCUT2D eigenvalue weighted by Crippen LogP contribution is -2.41. The van der Waals surface area contributed by atoms with Crippen LogP contribution in [0.1, 0.15) is 30.4 Å². The fourth-order valence-corrected chi connectivity index (χ4v) is 3.45. The molecule has 1 aliphatic rings. The van der Waals surface area contributed by atoms with Gasteiger partial charge in [0.1, 0.15) is 6.61 Å². The second-order valence-corrected chi connectivity index (χ2v) is 6.31. The molecular formula is C21H22O5. The number of rotatable bonds is 6. The Labute approximate surface area is 152 Å². The summed E-state index contributed by atoms with van der Waals surface area (Å²) in [5, 5.41) is 0. The van der Waals surface area contributed by atoms with E-state index in [1.165, 1.54) is 7.11 Å². The van der Waals surface area contributed by atoms with Crippen LogP contribution >= 0.6 is 0 Å². The van der Waals surface area contributed by atoms with Gasteiger partial charge in [-0.1, -0.05) is 36.4 Å². The van der Waals surface area contributed by atoms with Crippen molar-refractivity contribution in [3.05, 3.63) is 59.7 Å². The first-order valence-corrected chi connectivity index (χ1v) is 8.59. The standard InChI is InChI=1S/C21H22O5/c1-24-17-11-10-16(13-18(17)25-2)21(12-6-9-19(21)22)20(23)26-14-15-7-4-3-5-8-15/h3-5,7-8,10-11,13H,6,9,12,14H2,1-2H3. The minimum Gasteiger partial charge on any atom is -0.493 e. The molecule has 5 nitrogen and oxygen atoms in total. The van der Waals surface area contributed by atoms with E-state index in [1.54, 1.807) is 25.3 Å². The summed E-state index contributed by atoms with van der Waals surface area (Å²) in [7, 11) is 3.07. The molecule has 0 aromatic heterocycles. The lowest BCUT2D eigenvalue weighted by Gasteiger charge is -2.26. The van der Waals surface area contributed by atoms with Gasteiger partial charge in [0, 0.05) is 6.42 Å². The van der Waals surface area contributed by atoms with Crippen molar-refractivity contribution >= 4 is 11.8 Å². The van der Waals surface area contributed by atoms with Crippen molar-refractivity contribution in [2.45, 2.75) is 31.3 Å². The smallest absolute Gasteiger partial charge is 0.324 e. The lowest BCUT2D eigenvalue weighted by molar-refractivity contribution is -0.154. The molecule has 1 atom stereocenters. The van der Waals surface area contributed by atoms with Crippen molar-refractivity contribution in [3.63, 3.8) is 0 Å². The zero-order valence-electron chi connectivity index (χ0n) is 15.0. The number of hydrogen-bond acceptors (Lipinski definition) is 5. The SMILES string of the molecule is COc1ccc(C2(C(=O)OCc3ccccc3)CCCC2=O)cc1OC. The van der Waals surface area contributed by atoms with Gasteiger partial charge in [-0.15, -0.1) is 0 Å². The maximum Gasteiger partial charge on any atom is 0.324 e. The molecule has 0 spiro atoms. The molecule has 1 fully saturated rings. The predicted molar refractivity (Wildman–Crippen MR) is 96.3 cm³/mol. The number of benzene rings is 2. The van der Waals surface area contributed by atoms with E-state index in [-0.39, 0.29) is 12.4 Å². The molecule has 3 rings (SSSR count). The Hall–Kier alpha value is -2.82. The van der Waals surface area contributed by atoms with Crippen molar-refractivity contribution in [2.75, 3.05) is 14.2 Å². The highest BCUT2D eigenvalue weighted by atomic mass is 16.5. The summed E-state index contributed by atoms with van der Waals surface area (Å²) in [6, 6.07) is 14.6. The van der Waals surface area contributed by atoms with Crippen LogP contribution in [0, 0.1) is 0 Å². The Balaban J connectivity index is 1.92. The molecule has 2 aromatic rings. The van der Waals surface area contributed by atoms with Gasteiger partial charge in [-0.25, -0.2) is 0 Å². The number of esters is 1. The normalized spacial score (nSPS) is 19.2. The van der Waals surface area contributed by atoms with E-state index in [0.29, 0.717) is 36.3 Å². The first-order chi connectivity index (χ1) is 12.6. The van der Waals surface area contributed by atoms with E-state index >= 15 is 0 Å². The van der Waals surface area contributed by atoms with E-state index in [9.17, 15) is 9.59 Å². The van der Waals surface area contributed by atoms with Crippen LogP contribution in [0.15, 0.2) is 48.5 Å². The van der Waals surface area contributed by atoms with Crippen LogP contribution in [0.3, 0.4) is 0 Å². The van der Waals surface area contributed by atoms with E-state index in [2.05, 4.69) is 0 Å². The van der Waals surface area contributed by atoms with Gasteiger partial charge in [0.15, 0.2) is 22.7 Å². The van der Waals surface area contributed by atoms with Crippen molar-refractivity contribution < 1.29 is 23.8 Å². The maximum absolute atomic E-state index is 13.0. The molecule has 0 radical (unpaired) electrons. The molecule has 26 heavy (non-hydrogen) atoms. The summed E-state index contributed by atoms with van der Waals surface area (Å²) >= 11 is 0. The molecule has 5 heteroatoms. The second-order valence-electron chi connectivity index (χ2n) is 6.31. The minimum atomic E-state index is -1.27. The molecule has 1 saturated carbocycles. The molecule has 0 amide bonds. The summed E-state index contributed by atoms with van der Waals surface area (Å²) in [6.45, 7) is 0.141. The first kappa shape index (κ1) is 18.0. The molecule has 136 valence electrons. The average Bonchev–Trinajstić information content (AvgIpc) is 3.08. The van der Waals surface area contributed by atoms with E-state index < -0.39 is 11.4 Å². The molecule has 0 saturated heterocycles. The number of carbonyl (C=O) groups is 2. The Morgan fingerprint density at radius 2 is 1.77 bits per heavy atom. The Kier molecular flexibility index (Phi) is 5.26. The molecular weight excluding hydrogens is 332 g/mol. The number of ether oxygens (including phenoxy) is 3. The molecule has 0 heterocycles. The highest BCUT2D eigenvalue weighted by Gasteiger charge is 2.51. The molecule has 0 aliphatic heterocycles. The van der Waals surface area contributed by atoms with Crippen molar-refractivity contribution in [3.8, 4) is 11.5 Å². The van der Waals surface area contributed by atoms with Crippen LogP contribution in [0.25, 0.3) is 0 Å². The number of ketones is 1. The zero-order chi connectivity index (χ0) is 18.6. The van der Waals surface area contributed by atoms with Gasteiger partial charge >= 0.3 is 5.97 Å². The van der Waals surface area contributed by atoms with Crippen LogP contribution in [-0.4, -0.2) is 26.0 Å². The lowest BCUT2D eigenvalue weighted by atomic mass is 9.78. The van der Waals surface area contributed by atoms with E-state index in [1.807, 2.05) is 30.3 Å². The topological polar surface area (TPSA) is 61.8 Å². The number of methoxy groups -OCH3 is 2. The fraction of sp³-hybridized carbons (Fsp3) is 0.333. The molecule has 1 aliphatic carbocycles. The monoisotopic (exact) mass is 354 g/mol. The summed E-state index contributed by atoms with van der Waals surface area (Å²) in [5.41, 5.74) is 0.207. The van der Waals surface area contributed by atoms with Crippen molar-refractivity contribution in [1.82, 2.24) is 0 Å². The Morgan fingerprint density at radius 1 is 1.04 bits per heavy atom. The van der Waals surface area contributed by atoms with Crippen LogP contribution in [0.5, 0.6) is 11.5 Å². The third-order valence-corrected chi connectivity index (χ3v) is 4.87. The highest BCUT2D eigenvalue weighted by Crippen LogP contribution is 2.42. The van der Waals surface area contributed by atoms with Gasteiger partial charge in [-0.3, -0.25) is 9.59 Å². The minimum absolute atomic E-state index is 0.109. The quantitative estimate of drug-likeness (QED) is 0.587. The summed E-state index contributed by atoms with van der Waals surface area (Å²) < 4.78 is 16.1. The Morgan fingerprint density at radius 3 is 2.38 bits per heavy atom. The largest absolute Gasteiger partial charge is 0.493 e. The van der Waals surface area contributed by atoms with Crippen molar-refractivity contribution in [1.29, 1.82) is 0 Å². The average molecular weight is 354 g/mol. The van der Waals surface area contributed by atoms with Gasteiger partial charge in [0.05, 0.1) is 14.2 Å². The summed E-state index contributed by atoms with van der Waals surface area (Å²) in [6.07, 6.45) is 1.47. The van der Waals surface area contributed by atoms with Crippen LogP contribution in [0.4, 0.5) is 0 Å². The number of hydrogen-bond donors (Lipinski definition) is 0. The van der Waals surface area contributed by atoms with Gasteiger partial charge < -0.3 is 14.2 Å². The van der Waals surface area contributed by atoms with Gasteiger partial charge in [-0.2, -0.15) is 0 Å². The maximum atomic E-state index is 13.0.